The van der Waals surface area contributed by atoms with Gasteiger partial charge in [0, 0.05) is 12.1 Å². The Bertz CT molecular complexity index is 1150. The number of benzene rings is 3. The van der Waals surface area contributed by atoms with Crippen LogP contribution in [0.4, 0.5) is 17.1 Å². The van der Waals surface area contributed by atoms with Crippen molar-refractivity contribution in [2.24, 2.45) is 0 Å². The van der Waals surface area contributed by atoms with Gasteiger partial charge in [-0.25, -0.2) is 8.42 Å². The topological polar surface area (TPSA) is 101 Å². The molecule has 4 N–H and O–H groups in total. The molecule has 7 heteroatoms. The Labute approximate surface area is 176 Å². The molecule has 6 nitrogen and oxygen atoms in total. The Hall–Kier alpha value is -3.58. The number of nitrogen functional groups attached to an aromatic ring is 1. The summed E-state index contributed by atoms with van der Waals surface area (Å²) in [7, 11) is -3.64. The van der Waals surface area contributed by atoms with Crippen molar-refractivity contribution < 1.29 is 13.2 Å². The molecule has 0 atom stereocenters. The Balaban J connectivity index is 1.57. The molecule has 3 rings (SSSR count). The third-order valence-corrected chi connectivity index (χ3v) is 5.74. The number of rotatable bonds is 7. The summed E-state index contributed by atoms with van der Waals surface area (Å²) in [5.74, 6) is -0.174. The molecule has 0 spiro atoms. The summed E-state index contributed by atoms with van der Waals surface area (Å²) in [5.41, 5.74) is 9.21. The van der Waals surface area contributed by atoms with Crippen LogP contribution in [0.5, 0.6) is 0 Å². The van der Waals surface area contributed by atoms with Crippen LogP contribution >= 0.6 is 0 Å². The predicted molar refractivity (Wildman–Crippen MR) is 122 cm³/mol. The van der Waals surface area contributed by atoms with Crippen LogP contribution in [-0.4, -0.2) is 14.3 Å². The van der Waals surface area contributed by atoms with Crippen molar-refractivity contribution in [2.45, 2.75) is 18.2 Å². The molecular formula is C23H23N3O3S. The molecule has 0 aliphatic carbocycles. The van der Waals surface area contributed by atoms with E-state index in [-0.39, 0.29) is 17.2 Å². The highest BCUT2D eigenvalue weighted by Crippen LogP contribution is 2.19. The summed E-state index contributed by atoms with van der Waals surface area (Å²) in [4.78, 5) is 12.2. The van der Waals surface area contributed by atoms with Crippen molar-refractivity contribution in [1.29, 1.82) is 0 Å². The minimum absolute atomic E-state index is 0.174. The van der Waals surface area contributed by atoms with Crippen LogP contribution in [0.2, 0.25) is 0 Å². The summed E-state index contributed by atoms with van der Waals surface area (Å²) in [6.07, 6.45) is 3.72. The minimum Gasteiger partial charge on any atom is -0.397 e. The lowest BCUT2D eigenvalue weighted by Crippen LogP contribution is -2.12. The van der Waals surface area contributed by atoms with Crippen LogP contribution in [0.3, 0.4) is 0 Å². The fourth-order valence-electron chi connectivity index (χ4n) is 2.71. The molecule has 3 aromatic rings. The van der Waals surface area contributed by atoms with Gasteiger partial charge >= 0.3 is 0 Å². The van der Waals surface area contributed by atoms with E-state index in [4.69, 9.17) is 5.73 Å². The van der Waals surface area contributed by atoms with Gasteiger partial charge in [0.05, 0.1) is 16.3 Å². The van der Waals surface area contributed by atoms with Crippen molar-refractivity contribution in [1.82, 2.24) is 0 Å². The van der Waals surface area contributed by atoms with Crippen LogP contribution in [-0.2, 0) is 14.8 Å². The van der Waals surface area contributed by atoms with E-state index in [9.17, 15) is 13.2 Å². The Kier molecular flexibility index (Phi) is 6.54. The van der Waals surface area contributed by atoms with Gasteiger partial charge < -0.3 is 11.1 Å². The first kappa shape index (κ1) is 21.1. The van der Waals surface area contributed by atoms with Crippen molar-refractivity contribution in [2.75, 3.05) is 15.8 Å². The molecule has 0 aromatic heterocycles. The first-order chi connectivity index (χ1) is 14.3. The zero-order valence-corrected chi connectivity index (χ0v) is 17.3. The van der Waals surface area contributed by atoms with Crippen molar-refractivity contribution in [3.8, 4) is 0 Å². The molecule has 0 unspecified atom stereocenters. The maximum Gasteiger partial charge on any atom is 0.261 e. The van der Waals surface area contributed by atoms with Crippen molar-refractivity contribution >= 4 is 39.1 Å². The highest BCUT2D eigenvalue weighted by Gasteiger charge is 2.13. The van der Waals surface area contributed by atoms with Gasteiger partial charge in [0.15, 0.2) is 0 Å². The second-order valence-electron chi connectivity index (χ2n) is 6.78. The second-order valence-corrected chi connectivity index (χ2v) is 8.46. The second kappa shape index (κ2) is 9.28. The van der Waals surface area contributed by atoms with Crippen LogP contribution in [0.25, 0.3) is 6.08 Å². The van der Waals surface area contributed by atoms with Gasteiger partial charge in [0.2, 0.25) is 5.91 Å². The molecule has 154 valence electrons. The third kappa shape index (κ3) is 5.71. The molecule has 0 fully saturated rings. The fourth-order valence-corrected chi connectivity index (χ4v) is 3.77. The lowest BCUT2D eigenvalue weighted by atomic mass is 10.2. The fraction of sp³-hybridized carbons (Fsp3) is 0.0870. The number of nitrogens with two attached hydrogens (primary N) is 1. The van der Waals surface area contributed by atoms with Gasteiger partial charge in [0.25, 0.3) is 10.0 Å². The quantitative estimate of drug-likeness (QED) is 0.492. The summed E-state index contributed by atoms with van der Waals surface area (Å²) < 4.78 is 27.4. The smallest absolute Gasteiger partial charge is 0.261 e. The van der Waals surface area contributed by atoms with Crippen LogP contribution in [0.15, 0.2) is 83.8 Å². The average Bonchev–Trinajstić information content (AvgIpc) is 2.71. The van der Waals surface area contributed by atoms with Crippen LogP contribution in [0, 0.1) is 6.92 Å². The summed E-state index contributed by atoms with van der Waals surface area (Å²) in [6, 6.07) is 20.6. The Morgan fingerprint density at radius 1 is 0.967 bits per heavy atom. The zero-order chi connectivity index (χ0) is 21.6. The standard InChI is InChI=1S/C23H23N3O3S/c1-17-9-15-20(16-10-17)30(28,29)26-19-13-11-18(12-14-19)5-4-8-23(27)25-22-7-3-2-6-21(22)24/h2-7,9-16,26H,8,24H2,1H3,(H,25,27)/b5-4+. The number of hydrogen-bond donors (Lipinski definition) is 3. The van der Waals surface area contributed by atoms with E-state index in [1.807, 2.05) is 6.92 Å². The van der Waals surface area contributed by atoms with Crippen LogP contribution < -0.4 is 15.8 Å². The van der Waals surface area contributed by atoms with E-state index in [1.54, 1.807) is 84.9 Å². The summed E-state index contributed by atoms with van der Waals surface area (Å²) >= 11 is 0. The summed E-state index contributed by atoms with van der Waals surface area (Å²) in [6.45, 7) is 1.90. The van der Waals surface area contributed by atoms with Gasteiger partial charge in [-0.05, 0) is 48.9 Å². The third-order valence-electron chi connectivity index (χ3n) is 4.34. The Morgan fingerprint density at radius 2 is 1.63 bits per heavy atom. The number of sulfonamides is 1. The van der Waals surface area contributed by atoms with E-state index < -0.39 is 10.0 Å². The summed E-state index contributed by atoms with van der Waals surface area (Å²) in [5, 5.41) is 2.76. The average molecular weight is 422 g/mol. The molecule has 0 saturated heterocycles. The molecule has 1 amide bonds. The maximum absolute atomic E-state index is 12.4. The zero-order valence-electron chi connectivity index (χ0n) is 16.5. The maximum atomic E-state index is 12.4. The molecule has 0 radical (unpaired) electrons. The van der Waals surface area contributed by atoms with Crippen molar-refractivity contribution in [3.63, 3.8) is 0 Å². The number of anilines is 3. The normalized spacial score (nSPS) is 11.4. The van der Waals surface area contributed by atoms with E-state index in [0.717, 1.165) is 11.1 Å². The van der Waals surface area contributed by atoms with Gasteiger partial charge in [0.1, 0.15) is 0 Å². The number of amides is 1. The van der Waals surface area contributed by atoms with E-state index in [2.05, 4.69) is 10.0 Å². The first-order valence-corrected chi connectivity index (χ1v) is 10.8. The lowest BCUT2D eigenvalue weighted by Gasteiger charge is -2.08. The molecule has 0 aliphatic rings. The molecule has 0 heterocycles. The van der Waals surface area contributed by atoms with Gasteiger partial charge in [-0.2, -0.15) is 0 Å². The number of carbonyl (C=O) groups excluding carboxylic acids is 1. The lowest BCUT2D eigenvalue weighted by molar-refractivity contribution is -0.115. The number of para-hydroxylation sites is 2. The number of hydrogen-bond acceptors (Lipinski definition) is 4. The molecule has 0 bridgehead atoms. The highest BCUT2D eigenvalue weighted by molar-refractivity contribution is 7.92. The van der Waals surface area contributed by atoms with E-state index in [0.29, 0.717) is 17.1 Å². The molecular weight excluding hydrogens is 398 g/mol. The minimum atomic E-state index is -3.64. The van der Waals surface area contributed by atoms with Gasteiger partial charge in [-0.15, -0.1) is 0 Å². The number of nitrogens with one attached hydrogen (secondary N) is 2. The van der Waals surface area contributed by atoms with Crippen LogP contribution in [0.1, 0.15) is 17.5 Å². The SMILES string of the molecule is Cc1ccc(S(=O)(=O)Nc2ccc(/C=C/CC(=O)Nc3ccccc3N)cc2)cc1. The number of carbonyl (C=O) groups is 1. The molecule has 0 aliphatic heterocycles. The number of aryl methyl sites for hydroxylation is 1. The first-order valence-electron chi connectivity index (χ1n) is 9.34. The molecule has 0 saturated carbocycles. The molecule has 3 aromatic carbocycles. The Morgan fingerprint density at radius 3 is 2.30 bits per heavy atom. The van der Waals surface area contributed by atoms with Gasteiger partial charge in [-0.1, -0.05) is 54.1 Å². The predicted octanol–water partition coefficient (Wildman–Crippen LogP) is 4.42. The van der Waals surface area contributed by atoms with E-state index >= 15 is 0 Å². The monoisotopic (exact) mass is 421 g/mol. The van der Waals surface area contributed by atoms with Gasteiger partial charge in [-0.3, -0.25) is 9.52 Å². The van der Waals surface area contributed by atoms with Crippen molar-refractivity contribution in [3.05, 3.63) is 90.0 Å². The van der Waals surface area contributed by atoms with E-state index in [1.165, 1.54) is 0 Å². The molecule has 30 heavy (non-hydrogen) atoms. The largest absolute Gasteiger partial charge is 0.397 e. The highest BCUT2D eigenvalue weighted by atomic mass is 32.2.